The highest BCUT2D eigenvalue weighted by Gasteiger charge is 2.34. The van der Waals surface area contributed by atoms with Gasteiger partial charge in [-0.3, -0.25) is 14.5 Å². The summed E-state index contributed by atoms with van der Waals surface area (Å²) < 4.78 is 17.2. The van der Waals surface area contributed by atoms with Gasteiger partial charge in [-0.25, -0.2) is 0 Å². The number of rotatable bonds is 44. The summed E-state index contributed by atoms with van der Waals surface area (Å²) in [5, 5.41) is 0. The first-order chi connectivity index (χ1) is 31.4. The maximum absolute atomic E-state index is 12.1. The van der Waals surface area contributed by atoms with Crippen LogP contribution in [0.3, 0.4) is 0 Å². The van der Waals surface area contributed by atoms with Gasteiger partial charge in [0.15, 0.2) is 0 Å². The number of esters is 2. The van der Waals surface area contributed by atoms with Crippen molar-refractivity contribution in [2.24, 2.45) is 11.8 Å². The van der Waals surface area contributed by atoms with Crippen molar-refractivity contribution in [1.82, 2.24) is 9.80 Å². The van der Waals surface area contributed by atoms with Gasteiger partial charge in [0.25, 0.3) is 0 Å². The Hall–Kier alpha value is -1.44. The molecule has 0 amide bonds. The molecule has 0 aromatic heterocycles. The molecule has 386 valence electrons. The molecule has 2 aliphatic rings. The fraction of sp³-hybridized carbons (Fsp3) is 0.931. The molecule has 7 nitrogen and oxygen atoms in total. The van der Waals surface area contributed by atoms with Crippen molar-refractivity contribution >= 4 is 11.9 Å². The quantitative estimate of drug-likeness (QED) is 0.0343. The van der Waals surface area contributed by atoms with Crippen LogP contribution in [0.4, 0.5) is 0 Å². The summed E-state index contributed by atoms with van der Waals surface area (Å²) >= 11 is 0. The summed E-state index contributed by atoms with van der Waals surface area (Å²) in [6.07, 6.45) is 45.6. The van der Waals surface area contributed by atoms with E-state index < -0.39 is 0 Å². The molecule has 0 aliphatic carbocycles. The van der Waals surface area contributed by atoms with Crippen LogP contribution in [-0.4, -0.2) is 86.4 Å². The molecule has 65 heavy (non-hydrogen) atoms. The molecule has 0 aromatic rings. The van der Waals surface area contributed by atoms with E-state index in [0.29, 0.717) is 25.5 Å². The topological polar surface area (TPSA) is 68.3 Å². The van der Waals surface area contributed by atoms with Gasteiger partial charge in [0.2, 0.25) is 0 Å². The second-order valence-corrected chi connectivity index (χ2v) is 20.1. The Morgan fingerprint density at radius 3 is 1.71 bits per heavy atom. The molecule has 2 aliphatic heterocycles. The molecule has 0 aromatic carbocycles. The van der Waals surface area contributed by atoms with E-state index in [1.54, 1.807) is 0 Å². The van der Waals surface area contributed by atoms with Crippen molar-refractivity contribution in [2.75, 3.05) is 52.5 Å². The van der Waals surface area contributed by atoms with Crippen LogP contribution >= 0.6 is 0 Å². The summed E-state index contributed by atoms with van der Waals surface area (Å²) in [6.45, 7) is 23.7. The Kier molecular flexibility index (Phi) is 46.6. The van der Waals surface area contributed by atoms with Crippen LogP contribution in [0.2, 0.25) is 0 Å². The first-order valence-electron chi connectivity index (χ1n) is 28.4. The number of likely N-dealkylation sites (tertiary alicyclic amines) is 2. The van der Waals surface area contributed by atoms with Crippen LogP contribution in [0.15, 0.2) is 12.7 Å². The van der Waals surface area contributed by atoms with Crippen LogP contribution < -0.4 is 0 Å². The molecule has 2 fully saturated rings. The van der Waals surface area contributed by atoms with Gasteiger partial charge in [0, 0.05) is 32.0 Å². The molecule has 2 heterocycles. The van der Waals surface area contributed by atoms with Gasteiger partial charge in [0.05, 0.1) is 13.2 Å². The smallest absolute Gasteiger partial charge is 0.306 e. The molecule has 7 heteroatoms. The lowest BCUT2D eigenvalue weighted by molar-refractivity contribution is -0.150. The minimum absolute atomic E-state index is 0. The summed E-state index contributed by atoms with van der Waals surface area (Å²) in [6, 6.07) is 0.572. The number of carbonyl (C=O) groups excluding carboxylic acids is 2. The van der Waals surface area contributed by atoms with E-state index in [1.165, 1.54) is 193 Å². The molecule has 0 N–H and O–H groups in total. The van der Waals surface area contributed by atoms with Crippen LogP contribution in [0.25, 0.3) is 0 Å². The predicted octanol–water partition coefficient (Wildman–Crippen LogP) is 16.6. The highest BCUT2D eigenvalue weighted by molar-refractivity contribution is 5.69. The van der Waals surface area contributed by atoms with Gasteiger partial charge >= 0.3 is 11.9 Å². The molecule has 2 rings (SSSR count). The van der Waals surface area contributed by atoms with Gasteiger partial charge in [-0.1, -0.05) is 163 Å². The van der Waals surface area contributed by atoms with E-state index in [9.17, 15) is 9.59 Å². The Balaban J connectivity index is 0.00000133. The lowest BCUT2D eigenvalue weighted by Crippen LogP contribution is -2.34. The lowest BCUT2D eigenvalue weighted by Gasteiger charge is -2.24. The molecule has 0 bridgehead atoms. The average molecular weight is 920 g/mol. The fourth-order valence-corrected chi connectivity index (χ4v) is 9.82. The number of hydrogen-bond acceptors (Lipinski definition) is 7. The summed E-state index contributed by atoms with van der Waals surface area (Å²) in [4.78, 5) is 29.6. The van der Waals surface area contributed by atoms with E-state index in [-0.39, 0.29) is 25.5 Å². The molecule has 0 radical (unpaired) electrons. The Bertz CT molecular complexity index is 1020. The van der Waals surface area contributed by atoms with Crippen LogP contribution in [0, 0.1) is 11.8 Å². The molecular formula is C58H114N2O5. The van der Waals surface area contributed by atoms with Crippen molar-refractivity contribution < 1.29 is 23.8 Å². The van der Waals surface area contributed by atoms with E-state index in [4.69, 9.17) is 14.2 Å². The zero-order chi connectivity index (χ0) is 46.6. The van der Waals surface area contributed by atoms with E-state index in [1.807, 2.05) is 6.08 Å². The van der Waals surface area contributed by atoms with E-state index >= 15 is 0 Å². The number of carbonyl (C=O) groups is 2. The van der Waals surface area contributed by atoms with E-state index in [0.717, 1.165) is 83.0 Å². The average Bonchev–Trinajstić information content (AvgIpc) is 3.97. The SMILES string of the molecule is C.C=CCCCCC(=O)OC(CCCCCCCC)CCCCCCCC.CCCCCCCCCCCOC(=O)CCCCCN1CC(C(C)CCCN2CCCC2)C[C@H]1COCC. The number of nitrogens with zero attached hydrogens (tertiary/aromatic N) is 2. The van der Waals surface area contributed by atoms with Crippen molar-refractivity contribution in [3.8, 4) is 0 Å². The third-order valence-electron chi connectivity index (χ3n) is 14.1. The van der Waals surface area contributed by atoms with Crippen LogP contribution in [0.1, 0.15) is 273 Å². The first kappa shape index (κ1) is 63.6. The zero-order valence-corrected chi connectivity index (χ0v) is 43.6. The maximum atomic E-state index is 12.1. The van der Waals surface area contributed by atoms with Gasteiger partial charge in [-0.15, -0.1) is 6.58 Å². The van der Waals surface area contributed by atoms with Gasteiger partial charge in [-0.05, 0) is 141 Å². The number of hydrogen-bond donors (Lipinski definition) is 0. The number of allylic oxidation sites excluding steroid dienone is 1. The predicted molar refractivity (Wildman–Crippen MR) is 282 cm³/mol. The largest absolute Gasteiger partial charge is 0.466 e. The van der Waals surface area contributed by atoms with Crippen molar-refractivity contribution in [2.45, 2.75) is 285 Å². The molecule has 2 saturated heterocycles. The highest BCUT2D eigenvalue weighted by Crippen LogP contribution is 2.32. The Morgan fingerprint density at radius 1 is 0.615 bits per heavy atom. The zero-order valence-electron chi connectivity index (χ0n) is 43.6. The normalized spacial score (nSPS) is 16.9. The van der Waals surface area contributed by atoms with Crippen molar-refractivity contribution in [3.63, 3.8) is 0 Å². The third-order valence-corrected chi connectivity index (χ3v) is 14.1. The van der Waals surface area contributed by atoms with Crippen LogP contribution in [-0.2, 0) is 23.8 Å². The van der Waals surface area contributed by atoms with Gasteiger partial charge < -0.3 is 19.1 Å². The van der Waals surface area contributed by atoms with Crippen LogP contribution in [0.5, 0.6) is 0 Å². The summed E-state index contributed by atoms with van der Waals surface area (Å²) in [5.41, 5.74) is 0. The molecule has 2 unspecified atom stereocenters. The Morgan fingerprint density at radius 2 is 1.14 bits per heavy atom. The molecule has 0 saturated carbocycles. The number of ether oxygens (including phenoxy) is 3. The minimum atomic E-state index is 0. The summed E-state index contributed by atoms with van der Waals surface area (Å²) in [7, 11) is 0. The van der Waals surface area contributed by atoms with E-state index in [2.05, 4.69) is 51.0 Å². The number of unbranched alkanes of at least 4 members (excludes halogenated alkanes) is 22. The Labute approximate surface area is 406 Å². The monoisotopic (exact) mass is 919 g/mol. The first-order valence-corrected chi connectivity index (χ1v) is 28.4. The van der Waals surface area contributed by atoms with Crippen molar-refractivity contribution in [1.29, 1.82) is 0 Å². The fourth-order valence-electron chi connectivity index (χ4n) is 9.82. The lowest BCUT2D eigenvalue weighted by atomic mass is 9.88. The minimum Gasteiger partial charge on any atom is -0.466 e. The van der Waals surface area contributed by atoms with Crippen molar-refractivity contribution in [3.05, 3.63) is 12.7 Å². The second kappa shape index (κ2) is 47.6. The van der Waals surface area contributed by atoms with Gasteiger partial charge in [-0.2, -0.15) is 0 Å². The third kappa shape index (κ3) is 38.1. The second-order valence-electron chi connectivity index (χ2n) is 20.1. The van der Waals surface area contributed by atoms with Gasteiger partial charge in [0.1, 0.15) is 6.10 Å². The highest BCUT2D eigenvalue weighted by atomic mass is 16.5. The maximum Gasteiger partial charge on any atom is 0.306 e. The molecule has 0 spiro atoms. The molecule has 3 atom stereocenters. The standard InChI is InChI=1S/C33H64N2O3.C24H46O2.CH4/c1-4-6-7-8-9-10-11-12-18-26-38-33(36)21-14-13-15-25-35-28-31(27-32(35)29-37-5-2)30(3)20-19-24-34-22-16-17-23-34;1-4-7-10-13-15-17-20-23(21-18-16-14-11-8-5-2)26-24(25)22-19-12-9-6-3;/h30-32H,4-29H2,1-3H3;6,23H,3-5,7-22H2,1-2H3;1H4/t30?,31?,32-;;/m0../s1. The molecular weight excluding hydrogens is 805 g/mol. The summed E-state index contributed by atoms with van der Waals surface area (Å²) in [5.74, 6) is 1.61.